The van der Waals surface area contributed by atoms with Gasteiger partial charge in [0.25, 0.3) is 0 Å². The van der Waals surface area contributed by atoms with Gasteiger partial charge < -0.3 is 33.9 Å². The summed E-state index contributed by atoms with van der Waals surface area (Å²) in [6.07, 6.45) is 0. The largest absolute Gasteiger partial charge is 0.506 e. The van der Waals surface area contributed by atoms with Crippen molar-refractivity contribution in [3.63, 3.8) is 0 Å². The second kappa shape index (κ2) is 6.45. The molecule has 2 heterocycles. The van der Waals surface area contributed by atoms with Gasteiger partial charge in [0, 0.05) is 16.3 Å². The van der Waals surface area contributed by atoms with Crippen LogP contribution in [0.25, 0.3) is 21.9 Å². The zero-order valence-corrected chi connectivity index (χ0v) is 15.6. The molecule has 9 nitrogen and oxygen atoms in total. The van der Waals surface area contributed by atoms with Crippen LogP contribution in [0.5, 0.6) is 28.7 Å². The molecule has 3 aromatic carbocycles. The predicted molar refractivity (Wildman–Crippen MR) is 102 cm³/mol. The SMILES string of the molecule is COC(=O)c1c(C(=O)O)c(O)c2ccc3c(c2c1-c1ccc2c(c1)OCO2)OCO3. The summed E-state index contributed by atoms with van der Waals surface area (Å²) in [5.74, 6) is -1.32. The summed E-state index contributed by atoms with van der Waals surface area (Å²) >= 11 is 0. The fourth-order valence-corrected chi connectivity index (χ4v) is 3.78. The molecule has 2 N–H and O–H groups in total. The average Bonchev–Trinajstić information content (AvgIpc) is 3.41. The Morgan fingerprint density at radius 2 is 1.63 bits per heavy atom. The second-order valence-corrected chi connectivity index (χ2v) is 6.56. The minimum absolute atomic E-state index is 0.0473. The summed E-state index contributed by atoms with van der Waals surface area (Å²) in [4.78, 5) is 24.8. The molecule has 5 rings (SSSR count). The minimum atomic E-state index is -1.48. The Morgan fingerprint density at radius 3 is 2.40 bits per heavy atom. The van der Waals surface area contributed by atoms with Crippen LogP contribution in [-0.4, -0.2) is 42.8 Å². The number of aromatic hydroxyl groups is 1. The lowest BCUT2D eigenvalue weighted by Gasteiger charge is -2.18. The topological polar surface area (TPSA) is 121 Å². The number of rotatable bonds is 3. The van der Waals surface area contributed by atoms with Crippen LogP contribution < -0.4 is 18.9 Å². The van der Waals surface area contributed by atoms with E-state index in [4.69, 9.17) is 23.7 Å². The summed E-state index contributed by atoms with van der Waals surface area (Å²) < 4.78 is 26.7. The summed E-state index contributed by atoms with van der Waals surface area (Å²) in [5.41, 5.74) is -0.206. The number of carboxylic acid groups (broad SMARTS) is 1. The summed E-state index contributed by atoms with van der Waals surface area (Å²) in [7, 11) is 1.13. The molecule has 3 aromatic rings. The van der Waals surface area contributed by atoms with E-state index in [1.165, 1.54) is 6.07 Å². The molecule has 2 aliphatic rings. The van der Waals surface area contributed by atoms with Crippen molar-refractivity contribution in [3.05, 3.63) is 41.5 Å². The second-order valence-electron chi connectivity index (χ2n) is 6.56. The number of methoxy groups -OCH3 is 1. The lowest BCUT2D eigenvalue weighted by Crippen LogP contribution is -2.13. The van der Waals surface area contributed by atoms with Crippen molar-refractivity contribution < 1.29 is 43.5 Å². The van der Waals surface area contributed by atoms with Gasteiger partial charge in [-0.3, -0.25) is 0 Å². The Hall–Kier alpha value is -4.14. The highest BCUT2D eigenvalue weighted by atomic mass is 16.7. The summed E-state index contributed by atoms with van der Waals surface area (Å²) in [6, 6.07) is 8.02. The van der Waals surface area contributed by atoms with Crippen LogP contribution in [0.1, 0.15) is 20.7 Å². The van der Waals surface area contributed by atoms with E-state index in [2.05, 4.69) is 0 Å². The van der Waals surface area contributed by atoms with Crippen molar-refractivity contribution in [2.75, 3.05) is 20.7 Å². The number of phenols is 1. The highest BCUT2D eigenvalue weighted by molar-refractivity contribution is 6.19. The number of carbonyl (C=O) groups is 2. The minimum Gasteiger partial charge on any atom is -0.506 e. The molecule has 0 radical (unpaired) electrons. The smallest absolute Gasteiger partial charge is 0.340 e. The third-order valence-corrected chi connectivity index (χ3v) is 5.05. The van der Waals surface area contributed by atoms with E-state index < -0.39 is 23.3 Å². The Morgan fingerprint density at radius 1 is 0.933 bits per heavy atom. The highest BCUT2D eigenvalue weighted by Crippen LogP contribution is 2.50. The number of aromatic carboxylic acids is 1. The molecule has 30 heavy (non-hydrogen) atoms. The molecule has 0 amide bonds. The van der Waals surface area contributed by atoms with Crippen molar-refractivity contribution in [2.45, 2.75) is 0 Å². The Kier molecular flexibility index (Phi) is 3.85. The van der Waals surface area contributed by atoms with Gasteiger partial charge in [-0.05, 0) is 29.8 Å². The van der Waals surface area contributed by atoms with Gasteiger partial charge in [-0.15, -0.1) is 0 Å². The quantitative estimate of drug-likeness (QED) is 0.627. The third kappa shape index (κ3) is 2.41. The first kappa shape index (κ1) is 17.9. The molecule has 0 atom stereocenters. The number of ether oxygens (including phenoxy) is 5. The standard InChI is InChI=1S/C21H14O9/c1-26-21(25)16-14(9-2-4-11-13(6-9)29-7-27-11)15-10(18(22)17(16)20(23)24)3-5-12-19(15)30-8-28-12/h2-6,22H,7-8H2,1H3,(H,23,24). The Bertz CT molecular complexity index is 1250. The van der Waals surface area contributed by atoms with Crippen molar-refractivity contribution in [1.82, 2.24) is 0 Å². The predicted octanol–water partition coefficient (Wildman–Crippen LogP) is 3.15. The van der Waals surface area contributed by atoms with E-state index in [0.717, 1.165) is 7.11 Å². The maximum absolute atomic E-state index is 12.7. The molecule has 0 saturated heterocycles. The molecule has 152 valence electrons. The van der Waals surface area contributed by atoms with Gasteiger partial charge in [0.1, 0.15) is 11.3 Å². The van der Waals surface area contributed by atoms with Gasteiger partial charge >= 0.3 is 11.9 Å². The van der Waals surface area contributed by atoms with Crippen LogP contribution in [0.3, 0.4) is 0 Å². The maximum atomic E-state index is 12.7. The molecule has 0 aliphatic carbocycles. The van der Waals surface area contributed by atoms with Crippen LogP contribution in [0.15, 0.2) is 30.3 Å². The first-order chi connectivity index (χ1) is 14.5. The van der Waals surface area contributed by atoms with E-state index in [0.29, 0.717) is 28.2 Å². The molecule has 2 aliphatic heterocycles. The molecule has 0 aromatic heterocycles. The molecule has 0 unspecified atom stereocenters. The molecule has 9 heteroatoms. The number of hydrogen-bond donors (Lipinski definition) is 2. The number of carboxylic acids is 1. The van der Waals surface area contributed by atoms with Crippen LogP contribution in [0.2, 0.25) is 0 Å². The van der Waals surface area contributed by atoms with Gasteiger partial charge in [-0.25, -0.2) is 9.59 Å². The summed E-state index contributed by atoms with van der Waals surface area (Å²) in [5, 5.41) is 21.1. The summed E-state index contributed by atoms with van der Waals surface area (Å²) in [6.45, 7) is -0.00424. The normalized spacial score (nSPS) is 13.5. The van der Waals surface area contributed by atoms with Crippen molar-refractivity contribution in [3.8, 4) is 39.9 Å². The molecule has 0 saturated carbocycles. The third-order valence-electron chi connectivity index (χ3n) is 5.05. The lowest BCUT2D eigenvalue weighted by molar-refractivity contribution is 0.0582. The van der Waals surface area contributed by atoms with Crippen LogP contribution in [-0.2, 0) is 4.74 Å². The number of esters is 1. The highest BCUT2D eigenvalue weighted by Gasteiger charge is 2.33. The number of fused-ring (bicyclic) bond motifs is 4. The van der Waals surface area contributed by atoms with Crippen LogP contribution in [0.4, 0.5) is 0 Å². The van der Waals surface area contributed by atoms with Crippen molar-refractivity contribution in [1.29, 1.82) is 0 Å². The molecule has 0 bridgehead atoms. The van der Waals surface area contributed by atoms with Crippen LogP contribution >= 0.6 is 0 Å². The lowest BCUT2D eigenvalue weighted by atomic mass is 9.87. The van der Waals surface area contributed by atoms with Gasteiger partial charge in [-0.1, -0.05) is 6.07 Å². The molecular formula is C21H14O9. The monoisotopic (exact) mass is 410 g/mol. The Balaban J connectivity index is 1.98. The molecular weight excluding hydrogens is 396 g/mol. The van der Waals surface area contributed by atoms with Crippen molar-refractivity contribution in [2.24, 2.45) is 0 Å². The van der Waals surface area contributed by atoms with E-state index in [1.54, 1.807) is 24.3 Å². The van der Waals surface area contributed by atoms with Crippen LogP contribution in [0, 0.1) is 0 Å². The van der Waals surface area contributed by atoms with E-state index in [-0.39, 0.29) is 35.8 Å². The fraction of sp³-hybridized carbons (Fsp3) is 0.143. The zero-order valence-electron chi connectivity index (χ0n) is 15.6. The van der Waals surface area contributed by atoms with Gasteiger partial charge in [0.05, 0.1) is 12.7 Å². The van der Waals surface area contributed by atoms with Gasteiger partial charge in [0.2, 0.25) is 13.6 Å². The van der Waals surface area contributed by atoms with E-state index >= 15 is 0 Å². The average molecular weight is 410 g/mol. The molecule has 0 fully saturated rings. The first-order valence-corrected chi connectivity index (χ1v) is 8.84. The maximum Gasteiger partial charge on any atom is 0.340 e. The fourth-order valence-electron chi connectivity index (χ4n) is 3.78. The van der Waals surface area contributed by atoms with E-state index in [1.807, 2.05) is 0 Å². The Labute approximate surface area is 168 Å². The van der Waals surface area contributed by atoms with E-state index in [9.17, 15) is 19.8 Å². The van der Waals surface area contributed by atoms with Gasteiger partial charge in [-0.2, -0.15) is 0 Å². The van der Waals surface area contributed by atoms with Gasteiger partial charge in [0.15, 0.2) is 23.0 Å². The number of hydrogen-bond acceptors (Lipinski definition) is 8. The number of carbonyl (C=O) groups excluding carboxylic acids is 1. The zero-order chi connectivity index (χ0) is 21.0. The van der Waals surface area contributed by atoms with Crippen molar-refractivity contribution >= 4 is 22.7 Å². The molecule has 0 spiro atoms. The number of benzene rings is 3. The first-order valence-electron chi connectivity index (χ1n) is 8.84.